The smallest absolute Gasteiger partial charge is 0.227 e. The van der Waals surface area contributed by atoms with Crippen LogP contribution in [-0.4, -0.2) is 4.98 Å². The molecule has 1 fully saturated rings. The van der Waals surface area contributed by atoms with Gasteiger partial charge in [0.2, 0.25) is 11.4 Å². The van der Waals surface area contributed by atoms with Crippen molar-refractivity contribution in [1.29, 1.82) is 0 Å². The molecule has 0 amide bonds. The third-order valence-electron chi connectivity index (χ3n) is 5.96. The van der Waals surface area contributed by atoms with Gasteiger partial charge in [0, 0.05) is 38.1 Å². The summed E-state index contributed by atoms with van der Waals surface area (Å²) in [4.78, 5) is 4.68. The molecule has 0 saturated heterocycles. The Labute approximate surface area is 170 Å². The number of fused-ring (bicyclic) bond motifs is 3. The summed E-state index contributed by atoms with van der Waals surface area (Å²) in [5.41, 5.74) is 7.41. The maximum Gasteiger partial charge on any atom is 0.227 e. The van der Waals surface area contributed by atoms with Crippen LogP contribution in [0.15, 0.2) is 40.9 Å². The van der Waals surface area contributed by atoms with Gasteiger partial charge in [-0.1, -0.05) is 25.0 Å². The largest absolute Gasteiger partial charge is 0.437 e. The van der Waals surface area contributed by atoms with Gasteiger partial charge < -0.3 is 4.42 Å². The van der Waals surface area contributed by atoms with E-state index in [2.05, 4.69) is 54.7 Å². The van der Waals surface area contributed by atoms with Crippen molar-refractivity contribution in [3.8, 4) is 11.3 Å². The van der Waals surface area contributed by atoms with Gasteiger partial charge in [0.1, 0.15) is 7.05 Å². The van der Waals surface area contributed by atoms with E-state index in [-0.39, 0.29) is 0 Å². The molecule has 3 heteroatoms. The van der Waals surface area contributed by atoms with Gasteiger partial charge in [0.15, 0.2) is 11.8 Å². The molecule has 4 aromatic rings. The molecule has 3 aromatic heterocycles. The number of hydrogen-bond donors (Lipinski definition) is 0. The van der Waals surface area contributed by atoms with Crippen LogP contribution in [0.3, 0.4) is 0 Å². The summed E-state index contributed by atoms with van der Waals surface area (Å²) in [6, 6.07) is 10.1. The minimum Gasteiger partial charge on any atom is -0.437 e. The Kier molecular flexibility index (Phi) is 3.30. The molecule has 28 heavy (non-hydrogen) atoms. The monoisotopic (exact) mass is 374 g/mol. The van der Waals surface area contributed by atoms with Crippen molar-refractivity contribution in [2.75, 3.05) is 0 Å². The van der Waals surface area contributed by atoms with Crippen LogP contribution in [0.4, 0.5) is 0 Å². The first-order valence-electron chi connectivity index (χ1n) is 11.4. The van der Waals surface area contributed by atoms with E-state index in [1.54, 1.807) is 0 Å². The number of benzene rings is 1. The number of furan rings is 1. The second kappa shape index (κ2) is 6.44. The lowest BCUT2D eigenvalue weighted by atomic mass is 9.98. The van der Waals surface area contributed by atoms with Gasteiger partial charge in [-0.05, 0) is 56.8 Å². The van der Waals surface area contributed by atoms with Crippen LogP contribution in [0, 0.1) is 20.8 Å². The number of nitrogens with zero attached hydrogens (tertiary/aromatic N) is 2. The molecular weight excluding hydrogens is 344 g/mol. The Morgan fingerprint density at radius 2 is 1.89 bits per heavy atom. The zero-order valence-corrected chi connectivity index (χ0v) is 16.9. The highest BCUT2D eigenvalue weighted by Crippen LogP contribution is 2.39. The van der Waals surface area contributed by atoms with Gasteiger partial charge in [-0.2, -0.15) is 0 Å². The number of aromatic nitrogens is 2. The van der Waals surface area contributed by atoms with E-state index >= 15 is 0 Å². The fraction of sp³-hybridized carbons (Fsp3) is 0.360. The van der Waals surface area contributed by atoms with Crippen LogP contribution in [0.25, 0.3) is 33.3 Å². The van der Waals surface area contributed by atoms with E-state index in [9.17, 15) is 0 Å². The Morgan fingerprint density at radius 3 is 2.68 bits per heavy atom. The molecule has 3 heterocycles. The molecule has 1 saturated carbocycles. The van der Waals surface area contributed by atoms with E-state index in [1.165, 1.54) is 11.1 Å². The molecule has 0 N–H and O–H groups in total. The molecule has 1 aromatic carbocycles. The molecule has 0 spiro atoms. The fourth-order valence-corrected chi connectivity index (χ4v) is 4.25. The predicted molar refractivity (Wildman–Crippen MR) is 114 cm³/mol. The van der Waals surface area contributed by atoms with Crippen LogP contribution >= 0.6 is 0 Å². The molecule has 5 rings (SSSR count). The molecule has 0 aliphatic heterocycles. The lowest BCUT2D eigenvalue weighted by Gasteiger charge is -2.07. The Bertz CT molecular complexity index is 1360. The molecule has 1 aliphatic carbocycles. The number of rotatable bonds is 2. The van der Waals surface area contributed by atoms with Crippen LogP contribution in [0.1, 0.15) is 58.0 Å². The van der Waals surface area contributed by atoms with Gasteiger partial charge in [-0.15, -0.1) is 0 Å². The summed E-state index contributed by atoms with van der Waals surface area (Å²) in [6.07, 6.45) is 2.11. The van der Waals surface area contributed by atoms with Crippen molar-refractivity contribution in [2.24, 2.45) is 7.05 Å². The minimum atomic E-state index is -1.59. The van der Waals surface area contributed by atoms with Gasteiger partial charge in [-0.3, -0.25) is 0 Å². The molecule has 0 radical (unpaired) electrons. The van der Waals surface area contributed by atoms with Crippen molar-refractivity contribution in [1.82, 2.24) is 4.98 Å². The van der Waals surface area contributed by atoms with E-state index in [0.29, 0.717) is 30.7 Å². The van der Waals surface area contributed by atoms with Crippen LogP contribution in [0.2, 0.25) is 0 Å². The minimum absolute atomic E-state index is 0.392. The lowest BCUT2D eigenvalue weighted by molar-refractivity contribution is -0.660. The lowest BCUT2D eigenvalue weighted by Crippen LogP contribution is -2.31. The van der Waals surface area contributed by atoms with Crippen molar-refractivity contribution in [2.45, 2.75) is 52.3 Å². The third kappa shape index (κ3) is 2.64. The van der Waals surface area contributed by atoms with Gasteiger partial charge >= 0.3 is 0 Å². The summed E-state index contributed by atoms with van der Waals surface area (Å²) in [5, 5.41) is 1.88. The van der Waals surface area contributed by atoms with Crippen LogP contribution < -0.4 is 4.57 Å². The number of aryl methyl sites for hydroxylation is 4. The summed E-state index contributed by atoms with van der Waals surface area (Å²) in [5.74, 6) is -1.33. The van der Waals surface area contributed by atoms with Gasteiger partial charge in [0.05, 0.1) is 5.56 Å². The maximum absolute atomic E-state index is 8.83. The number of pyridine rings is 2. The Morgan fingerprint density at radius 1 is 1.07 bits per heavy atom. The molecule has 3 nitrogen and oxygen atoms in total. The summed E-state index contributed by atoms with van der Waals surface area (Å²) in [6.45, 7) is 6.31. The van der Waals surface area contributed by atoms with E-state index in [1.807, 2.05) is 19.2 Å². The first-order valence-corrected chi connectivity index (χ1v) is 9.93. The molecule has 1 atom stereocenters. The van der Waals surface area contributed by atoms with Gasteiger partial charge in [0.25, 0.3) is 0 Å². The zero-order valence-electron chi connectivity index (χ0n) is 19.9. The summed E-state index contributed by atoms with van der Waals surface area (Å²) < 4.78 is 34.0. The first-order chi connectivity index (χ1) is 14.6. The molecule has 0 bridgehead atoms. The van der Waals surface area contributed by atoms with E-state index < -0.39 is 12.3 Å². The molecular formula is C25H27N2O+. The quantitative estimate of drug-likeness (QED) is 0.399. The highest BCUT2D eigenvalue weighted by molar-refractivity contribution is 6.08. The Balaban J connectivity index is 1.76. The topological polar surface area (TPSA) is 29.9 Å². The standard InChI is InChI=1S/C25H27N2O/c1-15-9-10-19-20-11-12-21(18-7-5-6-8-18)26-25(20)28-24(19)23(15)22-13-16(2)17(3)14-27(22)4/h9-14,18H,5-8H2,1-4H3/q+1/i7D2,18D. The summed E-state index contributed by atoms with van der Waals surface area (Å²) >= 11 is 0. The van der Waals surface area contributed by atoms with Crippen LogP contribution in [-0.2, 0) is 7.05 Å². The van der Waals surface area contributed by atoms with Crippen molar-refractivity contribution in [3.63, 3.8) is 0 Å². The highest BCUT2D eigenvalue weighted by Gasteiger charge is 2.23. The van der Waals surface area contributed by atoms with E-state index in [0.717, 1.165) is 33.2 Å². The van der Waals surface area contributed by atoms with Gasteiger partial charge in [-0.25, -0.2) is 9.55 Å². The second-order valence-corrected chi connectivity index (χ2v) is 7.93. The van der Waals surface area contributed by atoms with Crippen LogP contribution in [0.5, 0.6) is 0 Å². The SMILES string of the molecule is [2H]C1([2H])CCCC1([2H])c1ccc2c(n1)oc1c(-c3cc(C)c(C)c[n+]3C)c(C)ccc12. The maximum atomic E-state index is 8.83. The molecule has 142 valence electrons. The normalized spacial score (nSPS) is 23.1. The van der Waals surface area contributed by atoms with Crippen molar-refractivity contribution < 1.29 is 13.1 Å². The average molecular weight is 375 g/mol. The van der Waals surface area contributed by atoms with E-state index in [4.69, 9.17) is 8.53 Å². The molecule has 1 aliphatic rings. The second-order valence-electron chi connectivity index (χ2n) is 7.93. The molecule has 1 unspecified atom stereocenters. The fourth-order valence-electron chi connectivity index (χ4n) is 4.25. The zero-order chi connectivity index (χ0) is 22.1. The highest BCUT2D eigenvalue weighted by atomic mass is 16.3. The van der Waals surface area contributed by atoms with Crippen molar-refractivity contribution >= 4 is 22.1 Å². The number of hydrogen-bond acceptors (Lipinski definition) is 2. The first kappa shape index (κ1) is 14.3. The Hall–Kier alpha value is -2.68. The summed E-state index contributed by atoms with van der Waals surface area (Å²) in [7, 11) is 2.05. The average Bonchev–Trinajstić information content (AvgIpc) is 3.21. The van der Waals surface area contributed by atoms with Crippen molar-refractivity contribution in [3.05, 3.63) is 58.9 Å². The predicted octanol–water partition coefficient (Wildman–Crippen LogP) is 6.06. The third-order valence-corrected chi connectivity index (χ3v) is 5.96.